The third-order valence-corrected chi connectivity index (χ3v) is 5.65. The minimum Gasteiger partial charge on any atom is -0.451 e. The van der Waals surface area contributed by atoms with Gasteiger partial charge in [0, 0.05) is 42.2 Å². The van der Waals surface area contributed by atoms with E-state index in [0.29, 0.717) is 22.1 Å². The molecule has 1 fully saturated rings. The predicted octanol–water partition coefficient (Wildman–Crippen LogP) is 4.79. The third kappa shape index (κ3) is 3.60. The molecule has 4 rings (SSSR count). The molecule has 0 radical (unpaired) electrons. The molecule has 1 aliphatic heterocycles. The Morgan fingerprint density at radius 3 is 2.61 bits per heavy atom. The van der Waals surface area contributed by atoms with Crippen LogP contribution in [0.3, 0.4) is 0 Å². The molecule has 2 heterocycles. The summed E-state index contributed by atoms with van der Waals surface area (Å²) in [5, 5.41) is 4.56. The molecule has 0 unspecified atom stereocenters. The van der Waals surface area contributed by atoms with Crippen LogP contribution in [0.5, 0.6) is 0 Å². The number of aryl methyl sites for hydroxylation is 1. The molecular formula is C22H24ClN3O2. The van der Waals surface area contributed by atoms with Crippen LogP contribution in [0.1, 0.15) is 23.0 Å². The van der Waals surface area contributed by atoms with Gasteiger partial charge < -0.3 is 19.5 Å². The lowest BCUT2D eigenvalue weighted by molar-refractivity contribution is 0.0998. The maximum absolute atomic E-state index is 13.0. The molecule has 3 aromatic rings. The molecule has 2 aromatic carbocycles. The molecule has 28 heavy (non-hydrogen) atoms. The normalized spacial score (nSPS) is 15.2. The fourth-order valence-corrected chi connectivity index (χ4v) is 3.93. The monoisotopic (exact) mass is 397 g/mol. The Labute approximate surface area is 169 Å². The quantitative estimate of drug-likeness (QED) is 0.687. The second-order valence-corrected chi connectivity index (χ2v) is 7.53. The van der Waals surface area contributed by atoms with Crippen molar-refractivity contribution in [1.82, 2.24) is 4.90 Å². The second-order valence-electron chi connectivity index (χ2n) is 7.09. The van der Waals surface area contributed by atoms with Crippen LogP contribution in [0.2, 0.25) is 5.02 Å². The summed E-state index contributed by atoms with van der Waals surface area (Å²) in [4.78, 5) is 17.7. The van der Waals surface area contributed by atoms with Crippen LogP contribution < -0.4 is 10.2 Å². The van der Waals surface area contributed by atoms with Crippen LogP contribution in [-0.4, -0.2) is 43.5 Å². The highest BCUT2D eigenvalue weighted by atomic mass is 35.5. The van der Waals surface area contributed by atoms with E-state index in [2.05, 4.69) is 22.0 Å². The number of carbonyl (C=O) groups is 1. The van der Waals surface area contributed by atoms with Crippen LogP contribution in [0.15, 0.2) is 46.9 Å². The molecule has 0 aliphatic carbocycles. The summed E-state index contributed by atoms with van der Waals surface area (Å²) in [5.41, 5.74) is 3.25. The number of rotatable bonds is 4. The van der Waals surface area contributed by atoms with Crippen molar-refractivity contribution in [2.24, 2.45) is 0 Å². The number of para-hydroxylation sites is 1. The number of benzene rings is 2. The van der Waals surface area contributed by atoms with E-state index in [4.69, 9.17) is 16.0 Å². The zero-order valence-electron chi connectivity index (χ0n) is 16.2. The first-order valence-electron chi connectivity index (χ1n) is 9.63. The highest BCUT2D eigenvalue weighted by Gasteiger charge is 2.22. The number of carbonyl (C=O) groups excluding carboxylic acids is 1. The van der Waals surface area contributed by atoms with Gasteiger partial charge in [0.25, 0.3) is 5.91 Å². The standard InChI is InChI=1S/C22H24ClN3O2/c1-3-25-10-12-26(13-11-25)19-9-8-16(23)14-18(19)24-22(27)21-15(2)17-6-4-5-7-20(17)28-21/h4-9,14H,3,10-13H2,1-2H3,(H,24,27). The first-order chi connectivity index (χ1) is 13.6. The van der Waals surface area contributed by atoms with E-state index in [9.17, 15) is 4.79 Å². The van der Waals surface area contributed by atoms with E-state index < -0.39 is 0 Å². The molecule has 1 saturated heterocycles. The van der Waals surface area contributed by atoms with Crippen LogP contribution in [0.25, 0.3) is 11.0 Å². The third-order valence-electron chi connectivity index (χ3n) is 5.42. The predicted molar refractivity (Wildman–Crippen MR) is 115 cm³/mol. The van der Waals surface area contributed by atoms with Gasteiger partial charge in [-0.3, -0.25) is 4.79 Å². The fraction of sp³-hybridized carbons (Fsp3) is 0.318. The largest absolute Gasteiger partial charge is 0.451 e. The first-order valence-corrected chi connectivity index (χ1v) is 10.0. The number of fused-ring (bicyclic) bond motifs is 1. The summed E-state index contributed by atoms with van der Waals surface area (Å²) in [6, 6.07) is 13.3. The molecule has 0 atom stereocenters. The lowest BCUT2D eigenvalue weighted by Crippen LogP contribution is -2.46. The van der Waals surface area contributed by atoms with Crippen molar-refractivity contribution >= 4 is 39.9 Å². The summed E-state index contributed by atoms with van der Waals surface area (Å²) in [5.74, 6) is 0.0762. The Morgan fingerprint density at radius 1 is 1.14 bits per heavy atom. The number of nitrogens with zero attached hydrogens (tertiary/aromatic N) is 2. The van der Waals surface area contributed by atoms with Gasteiger partial charge >= 0.3 is 0 Å². The summed E-state index contributed by atoms with van der Waals surface area (Å²) in [7, 11) is 0. The van der Waals surface area contributed by atoms with Gasteiger partial charge in [-0.25, -0.2) is 0 Å². The molecular weight excluding hydrogens is 374 g/mol. The van der Waals surface area contributed by atoms with Gasteiger partial charge in [0.15, 0.2) is 5.76 Å². The van der Waals surface area contributed by atoms with Crippen LogP contribution >= 0.6 is 11.6 Å². The number of halogens is 1. The number of anilines is 2. The second kappa shape index (κ2) is 7.86. The molecule has 1 aromatic heterocycles. The molecule has 0 saturated carbocycles. The number of furan rings is 1. The number of nitrogens with one attached hydrogen (secondary N) is 1. The Balaban J connectivity index is 1.61. The van der Waals surface area contributed by atoms with Crippen molar-refractivity contribution in [1.29, 1.82) is 0 Å². The molecule has 6 heteroatoms. The maximum atomic E-state index is 13.0. The van der Waals surface area contributed by atoms with Crippen molar-refractivity contribution in [2.75, 3.05) is 42.9 Å². The van der Waals surface area contributed by atoms with E-state index in [1.165, 1.54) is 0 Å². The van der Waals surface area contributed by atoms with Crippen molar-refractivity contribution in [3.05, 3.63) is 58.8 Å². The van der Waals surface area contributed by atoms with E-state index in [1.54, 1.807) is 6.07 Å². The topological polar surface area (TPSA) is 48.7 Å². The number of hydrogen-bond donors (Lipinski definition) is 1. The van der Waals surface area contributed by atoms with Gasteiger partial charge in [-0.2, -0.15) is 0 Å². The van der Waals surface area contributed by atoms with E-state index in [-0.39, 0.29) is 5.91 Å². The van der Waals surface area contributed by atoms with Gasteiger partial charge in [0.05, 0.1) is 11.4 Å². The number of amides is 1. The Bertz CT molecular complexity index is 1010. The molecule has 1 amide bonds. The van der Waals surface area contributed by atoms with Gasteiger partial charge in [0.1, 0.15) is 5.58 Å². The van der Waals surface area contributed by atoms with E-state index in [0.717, 1.165) is 49.4 Å². The highest BCUT2D eigenvalue weighted by Crippen LogP contribution is 2.32. The minimum absolute atomic E-state index is 0.260. The van der Waals surface area contributed by atoms with Gasteiger partial charge in [-0.15, -0.1) is 0 Å². The smallest absolute Gasteiger partial charge is 0.291 e. The van der Waals surface area contributed by atoms with Gasteiger partial charge in [0.2, 0.25) is 0 Å². The minimum atomic E-state index is -0.260. The first kappa shape index (κ1) is 18.8. The highest BCUT2D eigenvalue weighted by molar-refractivity contribution is 6.31. The summed E-state index contributed by atoms with van der Waals surface area (Å²) in [6.45, 7) is 9.00. The van der Waals surface area contributed by atoms with Gasteiger partial charge in [-0.05, 0) is 37.7 Å². The number of likely N-dealkylation sites (N-methyl/N-ethyl adjacent to an activating group) is 1. The molecule has 146 valence electrons. The number of hydrogen-bond acceptors (Lipinski definition) is 4. The zero-order chi connectivity index (χ0) is 19.7. The molecule has 0 spiro atoms. The van der Waals surface area contributed by atoms with Crippen LogP contribution in [0, 0.1) is 6.92 Å². The Hall–Kier alpha value is -2.50. The van der Waals surface area contributed by atoms with Crippen LogP contribution in [0.4, 0.5) is 11.4 Å². The van der Waals surface area contributed by atoms with Crippen molar-refractivity contribution in [3.63, 3.8) is 0 Å². The average molecular weight is 398 g/mol. The summed E-state index contributed by atoms with van der Waals surface area (Å²) >= 11 is 6.22. The lowest BCUT2D eigenvalue weighted by atomic mass is 10.1. The van der Waals surface area contributed by atoms with E-state index >= 15 is 0 Å². The van der Waals surface area contributed by atoms with Crippen LogP contribution in [-0.2, 0) is 0 Å². The molecule has 1 aliphatic rings. The molecule has 5 nitrogen and oxygen atoms in total. The number of piperazine rings is 1. The van der Waals surface area contributed by atoms with Crippen molar-refractivity contribution in [3.8, 4) is 0 Å². The lowest BCUT2D eigenvalue weighted by Gasteiger charge is -2.36. The van der Waals surface area contributed by atoms with Crippen molar-refractivity contribution in [2.45, 2.75) is 13.8 Å². The SMILES string of the molecule is CCN1CCN(c2ccc(Cl)cc2NC(=O)c2oc3ccccc3c2C)CC1. The fourth-order valence-electron chi connectivity index (χ4n) is 3.76. The molecule has 1 N–H and O–H groups in total. The summed E-state index contributed by atoms with van der Waals surface area (Å²) < 4.78 is 5.81. The Morgan fingerprint density at radius 2 is 1.89 bits per heavy atom. The van der Waals surface area contributed by atoms with Gasteiger partial charge in [-0.1, -0.05) is 36.7 Å². The Kier molecular flexibility index (Phi) is 5.29. The molecule has 0 bridgehead atoms. The van der Waals surface area contributed by atoms with Crippen molar-refractivity contribution < 1.29 is 9.21 Å². The van der Waals surface area contributed by atoms with E-state index in [1.807, 2.05) is 43.3 Å². The average Bonchev–Trinajstić information content (AvgIpc) is 3.05. The summed E-state index contributed by atoms with van der Waals surface area (Å²) in [6.07, 6.45) is 0. The zero-order valence-corrected chi connectivity index (χ0v) is 16.9. The maximum Gasteiger partial charge on any atom is 0.291 e.